The first-order valence-electron chi connectivity index (χ1n) is 7.02. The maximum atomic E-state index is 12.5. The van der Waals surface area contributed by atoms with Crippen molar-refractivity contribution in [3.8, 4) is 0 Å². The van der Waals surface area contributed by atoms with Crippen LogP contribution in [0.2, 0.25) is 0 Å². The van der Waals surface area contributed by atoms with E-state index in [1.54, 1.807) is 20.8 Å². The van der Waals surface area contributed by atoms with Crippen LogP contribution in [-0.2, 0) is 4.74 Å². The highest BCUT2D eigenvalue weighted by molar-refractivity contribution is 5.68. The fraction of sp³-hybridized carbons (Fsp3) is 0.923. The molecule has 0 saturated carbocycles. The van der Waals surface area contributed by atoms with Crippen LogP contribution >= 0.6 is 0 Å². The van der Waals surface area contributed by atoms with Gasteiger partial charge in [0.2, 0.25) is 0 Å². The number of amides is 1. The van der Waals surface area contributed by atoms with E-state index in [0.717, 1.165) is 4.90 Å². The van der Waals surface area contributed by atoms with Crippen molar-refractivity contribution >= 4 is 6.09 Å². The highest BCUT2D eigenvalue weighted by Gasteiger charge is 2.41. The van der Waals surface area contributed by atoms with Gasteiger partial charge in [-0.3, -0.25) is 0 Å². The smallest absolute Gasteiger partial charge is 0.410 e. The van der Waals surface area contributed by atoms with Gasteiger partial charge in [-0.2, -0.15) is 26.3 Å². The summed E-state index contributed by atoms with van der Waals surface area (Å²) < 4.78 is 80.1. The molecule has 1 heterocycles. The second kappa shape index (κ2) is 6.74. The van der Waals surface area contributed by atoms with Crippen LogP contribution in [-0.4, -0.2) is 54.1 Å². The first kappa shape index (κ1) is 19.9. The molecule has 0 radical (unpaired) electrons. The molecule has 136 valence electrons. The van der Waals surface area contributed by atoms with Gasteiger partial charge in [0, 0.05) is 25.2 Å². The summed E-state index contributed by atoms with van der Waals surface area (Å²) in [4.78, 5) is 12.8. The largest absolute Gasteiger partial charge is 0.444 e. The zero-order valence-electron chi connectivity index (χ0n) is 13.0. The Bertz CT molecular complexity index is 392. The van der Waals surface area contributed by atoms with E-state index in [1.807, 2.05) is 0 Å². The molecule has 23 heavy (non-hydrogen) atoms. The Morgan fingerprint density at radius 1 is 1.00 bits per heavy atom. The molecular formula is C13H20F6N2O2. The van der Waals surface area contributed by atoms with Crippen molar-refractivity contribution in [2.45, 2.75) is 63.7 Å². The summed E-state index contributed by atoms with van der Waals surface area (Å²) in [7, 11) is 0. The van der Waals surface area contributed by atoms with Crippen molar-refractivity contribution in [2.75, 3.05) is 13.1 Å². The summed E-state index contributed by atoms with van der Waals surface area (Å²) in [6.07, 6.45) is -12.6. The summed E-state index contributed by atoms with van der Waals surface area (Å²) in [5, 5.41) is 2.32. The van der Waals surface area contributed by atoms with E-state index in [0.29, 0.717) is 0 Å². The van der Waals surface area contributed by atoms with Crippen molar-refractivity contribution in [3.63, 3.8) is 0 Å². The molecule has 1 fully saturated rings. The molecule has 1 aliphatic rings. The minimum absolute atomic E-state index is 0.358. The third-order valence-electron chi connectivity index (χ3n) is 2.96. The third-order valence-corrected chi connectivity index (χ3v) is 2.96. The van der Waals surface area contributed by atoms with Crippen LogP contribution in [0, 0.1) is 0 Å². The fourth-order valence-corrected chi connectivity index (χ4v) is 2.33. The standard InChI is InChI=1S/C13H20F6N2O2/c1-11(2,3)23-10(22)21-6-8(4-12(14,15)16)20-9(7-21)5-13(17,18)19/h8-9,20H,4-7H2,1-3H3/t8-,9+. The lowest BCUT2D eigenvalue weighted by Crippen LogP contribution is -2.60. The molecular weight excluding hydrogens is 330 g/mol. The summed E-state index contributed by atoms with van der Waals surface area (Å²) in [5.74, 6) is 0. The number of nitrogens with one attached hydrogen (secondary N) is 1. The van der Waals surface area contributed by atoms with Crippen molar-refractivity contribution < 1.29 is 35.9 Å². The summed E-state index contributed by atoms with van der Waals surface area (Å²) >= 11 is 0. The second-order valence-corrected chi connectivity index (χ2v) is 6.58. The predicted octanol–water partition coefficient (Wildman–Crippen LogP) is 3.47. The topological polar surface area (TPSA) is 41.6 Å². The number of rotatable bonds is 2. The van der Waals surface area contributed by atoms with Crippen LogP contribution < -0.4 is 5.32 Å². The molecule has 0 spiro atoms. The van der Waals surface area contributed by atoms with Gasteiger partial charge in [0.15, 0.2) is 0 Å². The zero-order chi connectivity index (χ0) is 18.1. The average molecular weight is 350 g/mol. The van der Waals surface area contributed by atoms with Crippen molar-refractivity contribution in [2.24, 2.45) is 0 Å². The summed E-state index contributed by atoms with van der Waals surface area (Å²) in [6, 6.07) is -2.60. The maximum absolute atomic E-state index is 12.5. The average Bonchev–Trinajstić information content (AvgIpc) is 2.20. The minimum atomic E-state index is -4.54. The lowest BCUT2D eigenvalue weighted by Gasteiger charge is -2.39. The van der Waals surface area contributed by atoms with Crippen LogP contribution in [0.15, 0.2) is 0 Å². The summed E-state index contributed by atoms with van der Waals surface area (Å²) in [6.45, 7) is 3.97. The Labute approximate surface area is 130 Å². The van der Waals surface area contributed by atoms with E-state index in [1.165, 1.54) is 0 Å². The zero-order valence-corrected chi connectivity index (χ0v) is 13.0. The van der Waals surface area contributed by atoms with E-state index in [9.17, 15) is 31.1 Å². The van der Waals surface area contributed by atoms with Crippen LogP contribution in [0.1, 0.15) is 33.6 Å². The number of ether oxygens (including phenoxy) is 1. The number of hydrogen-bond donors (Lipinski definition) is 1. The summed E-state index contributed by atoms with van der Waals surface area (Å²) in [5.41, 5.74) is -0.888. The molecule has 1 saturated heterocycles. The Morgan fingerprint density at radius 2 is 1.39 bits per heavy atom. The lowest BCUT2D eigenvalue weighted by atomic mass is 10.0. The molecule has 0 unspecified atom stereocenters. The Balaban J connectivity index is 2.82. The first-order chi connectivity index (χ1) is 10.1. The van der Waals surface area contributed by atoms with E-state index in [-0.39, 0.29) is 13.1 Å². The lowest BCUT2D eigenvalue weighted by molar-refractivity contribution is -0.152. The molecule has 1 N–H and O–H groups in total. The molecule has 0 bridgehead atoms. The number of piperazine rings is 1. The number of carbonyl (C=O) groups is 1. The van der Waals surface area contributed by atoms with Crippen molar-refractivity contribution in [1.29, 1.82) is 0 Å². The van der Waals surface area contributed by atoms with Crippen LogP contribution in [0.4, 0.5) is 31.1 Å². The normalized spacial score (nSPS) is 23.8. The Kier molecular flexibility index (Phi) is 5.82. The Hall–Kier alpha value is -1.19. The number of carbonyl (C=O) groups excluding carboxylic acids is 1. The SMILES string of the molecule is CC(C)(C)OC(=O)N1C[C@H](CC(F)(F)F)N[C@H](CC(F)(F)F)C1. The number of hydrogen-bond acceptors (Lipinski definition) is 3. The van der Waals surface area contributed by atoms with Gasteiger partial charge in [-0.15, -0.1) is 0 Å². The molecule has 0 aromatic rings. The quantitative estimate of drug-likeness (QED) is 0.776. The van der Waals surface area contributed by atoms with E-state index < -0.39 is 49.0 Å². The van der Waals surface area contributed by atoms with Crippen LogP contribution in [0.3, 0.4) is 0 Å². The monoisotopic (exact) mass is 350 g/mol. The van der Waals surface area contributed by atoms with Crippen molar-refractivity contribution in [3.05, 3.63) is 0 Å². The first-order valence-corrected chi connectivity index (χ1v) is 7.02. The van der Waals surface area contributed by atoms with Crippen LogP contribution in [0.25, 0.3) is 0 Å². The van der Waals surface area contributed by atoms with Gasteiger partial charge in [-0.1, -0.05) is 0 Å². The highest BCUT2D eigenvalue weighted by atomic mass is 19.4. The molecule has 1 rings (SSSR count). The van der Waals surface area contributed by atoms with Gasteiger partial charge in [0.1, 0.15) is 5.60 Å². The van der Waals surface area contributed by atoms with Crippen molar-refractivity contribution in [1.82, 2.24) is 10.2 Å². The second-order valence-electron chi connectivity index (χ2n) is 6.58. The minimum Gasteiger partial charge on any atom is -0.444 e. The molecule has 0 aromatic heterocycles. The maximum Gasteiger partial charge on any atom is 0.410 e. The predicted molar refractivity (Wildman–Crippen MR) is 69.9 cm³/mol. The molecule has 10 heteroatoms. The van der Waals surface area contributed by atoms with Gasteiger partial charge in [0.05, 0.1) is 12.8 Å². The van der Waals surface area contributed by atoms with E-state index >= 15 is 0 Å². The number of nitrogens with zero attached hydrogens (tertiary/aromatic N) is 1. The molecule has 0 aromatic carbocycles. The molecule has 1 amide bonds. The van der Waals surface area contributed by atoms with E-state index in [4.69, 9.17) is 4.74 Å². The molecule has 4 nitrogen and oxygen atoms in total. The number of alkyl halides is 6. The Morgan fingerprint density at radius 3 is 1.70 bits per heavy atom. The van der Waals surface area contributed by atoms with Gasteiger partial charge in [0.25, 0.3) is 0 Å². The van der Waals surface area contributed by atoms with Gasteiger partial charge >= 0.3 is 18.4 Å². The van der Waals surface area contributed by atoms with Gasteiger partial charge in [-0.05, 0) is 20.8 Å². The number of halogens is 6. The molecule has 2 atom stereocenters. The van der Waals surface area contributed by atoms with Gasteiger partial charge in [-0.25, -0.2) is 4.79 Å². The van der Waals surface area contributed by atoms with Crippen LogP contribution in [0.5, 0.6) is 0 Å². The van der Waals surface area contributed by atoms with E-state index in [2.05, 4.69) is 5.32 Å². The third kappa shape index (κ3) is 8.29. The highest BCUT2D eigenvalue weighted by Crippen LogP contribution is 2.28. The molecule has 1 aliphatic heterocycles. The molecule has 0 aliphatic carbocycles. The fourth-order valence-electron chi connectivity index (χ4n) is 2.33. The van der Waals surface area contributed by atoms with Gasteiger partial charge < -0.3 is 15.0 Å².